The maximum absolute atomic E-state index is 12.8. The van der Waals surface area contributed by atoms with E-state index in [4.69, 9.17) is 4.74 Å². The number of unbranched alkanes of at least 4 members (excludes halogenated alkanes) is 3. The van der Waals surface area contributed by atoms with Crippen LogP contribution < -0.4 is 0 Å². The van der Waals surface area contributed by atoms with Gasteiger partial charge in [-0.2, -0.15) is 0 Å². The molecule has 0 aromatic carbocycles. The van der Waals surface area contributed by atoms with Crippen LogP contribution in [0.1, 0.15) is 106 Å². The van der Waals surface area contributed by atoms with E-state index in [0.29, 0.717) is 0 Å². The molecule has 0 heterocycles. The first-order chi connectivity index (χ1) is 13.8. The Hall–Kier alpha value is -0.191. The van der Waals surface area contributed by atoms with Crippen molar-refractivity contribution in [2.45, 2.75) is 136 Å². The van der Waals surface area contributed by atoms with Gasteiger partial charge in [0.1, 0.15) is 0 Å². The van der Waals surface area contributed by atoms with Gasteiger partial charge in [0.05, 0.1) is 0 Å². The molecule has 0 bridgehead atoms. The normalized spacial score (nSPS) is 17.6. The quantitative estimate of drug-likeness (QED) is 0.231. The van der Waals surface area contributed by atoms with E-state index in [1.54, 1.807) is 0 Å². The standard InChI is InChI=1S/C13H22NO2.3C4H9.Sn/c1-10(2)14(11(3)4)13(15)16-12-8-6-5-7-9-12;3*1-3-4-2;/h6,8,10-11H,5,7,9H2,1-4H3;3*1,3-4H2,2H3;. The van der Waals surface area contributed by atoms with Crippen LogP contribution in [-0.2, 0) is 4.74 Å². The summed E-state index contributed by atoms with van der Waals surface area (Å²) in [6, 6.07) is 0.332. The number of carbonyl (C=O) groups is 1. The zero-order chi connectivity index (χ0) is 21.9. The second kappa shape index (κ2) is 14.0. The predicted molar refractivity (Wildman–Crippen MR) is 129 cm³/mol. The van der Waals surface area contributed by atoms with E-state index in [1.165, 1.54) is 64.7 Å². The Morgan fingerprint density at radius 3 is 1.90 bits per heavy atom. The van der Waals surface area contributed by atoms with Gasteiger partial charge < -0.3 is 0 Å². The van der Waals surface area contributed by atoms with Gasteiger partial charge in [-0.1, -0.05) is 0 Å². The van der Waals surface area contributed by atoms with Gasteiger partial charge in [0, 0.05) is 0 Å². The van der Waals surface area contributed by atoms with Gasteiger partial charge in [0.2, 0.25) is 0 Å². The number of rotatable bonds is 13. The summed E-state index contributed by atoms with van der Waals surface area (Å²) in [4.78, 5) is 14.7. The fourth-order valence-electron chi connectivity index (χ4n) is 5.16. The molecule has 1 atom stereocenters. The van der Waals surface area contributed by atoms with Gasteiger partial charge in [-0.25, -0.2) is 0 Å². The summed E-state index contributed by atoms with van der Waals surface area (Å²) < 4.78 is 11.3. The molecule has 29 heavy (non-hydrogen) atoms. The van der Waals surface area contributed by atoms with Gasteiger partial charge in [0.15, 0.2) is 0 Å². The molecule has 170 valence electrons. The van der Waals surface area contributed by atoms with Gasteiger partial charge in [0.25, 0.3) is 0 Å². The summed E-state index contributed by atoms with van der Waals surface area (Å²) in [7, 11) is 0. The first kappa shape index (κ1) is 26.8. The number of amides is 1. The van der Waals surface area contributed by atoms with Gasteiger partial charge in [-0.05, 0) is 0 Å². The van der Waals surface area contributed by atoms with E-state index in [-0.39, 0.29) is 18.2 Å². The second-order valence-electron chi connectivity index (χ2n) is 9.77. The van der Waals surface area contributed by atoms with Crippen LogP contribution in [0.3, 0.4) is 0 Å². The molecule has 0 aromatic rings. The first-order valence-electron chi connectivity index (χ1n) is 12.5. The minimum absolute atomic E-state index is 0.154. The molecule has 4 heteroatoms. The Morgan fingerprint density at radius 2 is 1.48 bits per heavy atom. The van der Waals surface area contributed by atoms with Crippen molar-refractivity contribution in [1.29, 1.82) is 0 Å². The molecule has 3 nitrogen and oxygen atoms in total. The number of allylic oxidation sites excluding steroid dienone is 2. The fourth-order valence-corrected chi connectivity index (χ4v) is 23.4. The average Bonchev–Trinajstić information content (AvgIpc) is 2.67. The summed E-state index contributed by atoms with van der Waals surface area (Å²) in [6.07, 6.45) is 13.9. The van der Waals surface area contributed by atoms with Crippen molar-refractivity contribution < 1.29 is 9.53 Å². The summed E-state index contributed by atoms with van der Waals surface area (Å²) in [5.41, 5.74) is 0. The SMILES string of the molecule is CCC[CH2][Sn]([CH2]CCC)([CH2]CCC)[C@@H]1C=C(OC(=O)N(C(C)C)C(C)C)CCC1. The molecule has 1 aliphatic carbocycles. The van der Waals surface area contributed by atoms with Crippen LogP contribution in [0.4, 0.5) is 4.79 Å². The van der Waals surface area contributed by atoms with Crippen molar-refractivity contribution in [3.8, 4) is 0 Å². The Bertz CT molecular complexity index is 471. The summed E-state index contributed by atoms with van der Waals surface area (Å²) in [5, 5.41) is 0. The maximum atomic E-state index is 12.8. The summed E-state index contributed by atoms with van der Waals surface area (Å²) in [5.74, 6) is 0.975. The number of hydrogen-bond donors (Lipinski definition) is 0. The van der Waals surface area contributed by atoms with Gasteiger partial charge >= 0.3 is 186 Å². The third-order valence-corrected chi connectivity index (χ3v) is 24.1. The van der Waals surface area contributed by atoms with E-state index in [1.807, 2.05) is 4.90 Å². The Labute approximate surface area is 185 Å². The average molecular weight is 514 g/mol. The predicted octanol–water partition coefficient (Wildman–Crippen LogP) is 8.53. The van der Waals surface area contributed by atoms with Crippen LogP contribution in [0.5, 0.6) is 0 Å². The number of nitrogens with zero attached hydrogens (tertiary/aromatic N) is 1. The monoisotopic (exact) mass is 515 g/mol. The molecular weight excluding hydrogens is 465 g/mol. The number of ether oxygens (including phenoxy) is 1. The summed E-state index contributed by atoms with van der Waals surface area (Å²) in [6.45, 7) is 15.3. The van der Waals surface area contributed by atoms with E-state index in [9.17, 15) is 4.79 Å². The molecule has 1 amide bonds. The van der Waals surface area contributed by atoms with Crippen LogP contribution in [0.15, 0.2) is 11.8 Å². The van der Waals surface area contributed by atoms with E-state index >= 15 is 0 Å². The van der Waals surface area contributed by atoms with Crippen LogP contribution in [0.25, 0.3) is 0 Å². The van der Waals surface area contributed by atoms with Crippen molar-refractivity contribution >= 4 is 24.5 Å². The Balaban J connectivity index is 3.07. The van der Waals surface area contributed by atoms with Crippen molar-refractivity contribution in [1.82, 2.24) is 4.90 Å². The van der Waals surface area contributed by atoms with E-state index in [2.05, 4.69) is 54.5 Å². The molecule has 1 rings (SSSR count). The van der Waals surface area contributed by atoms with Crippen molar-refractivity contribution in [3.05, 3.63) is 11.8 Å². The Kier molecular flexibility index (Phi) is 12.9. The van der Waals surface area contributed by atoms with Crippen LogP contribution in [0.2, 0.25) is 17.2 Å². The fraction of sp³-hybridized carbons (Fsp3) is 0.880. The summed E-state index contributed by atoms with van der Waals surface area (Å²) >= 11 is -2.32. The van der Waals surface area contributed by atoms with Gasteiger partial charge in [-0.3, -0.25) is 0 Å². The third kappa shape index (κ3) is 8.45. The number of hydrogen-bond acceptors (Lipinski definition) is 2. The van der Waals surface area contributed by atoms with Crippen molar-refractivity contribution in [2.24, 2.45) is 0 Å². The van der Waals surface area contributed by atoms with Gasteiger partial charge in [-0.15, -0.1) is 0 Å². The third-order valence-electron chi connectivity index (χ3n) is 6.74. The topological polar surface area (TPSA) is 29.5 Å². The van der Waals surface area contributed by atoms with Crippen molar-refractivity contribution in [3.63, 3.8) is 0 Å². The molecule has 0 aromatic heterocycles. The van der Waals surface area contributed by atoms with E-state index < -0.39 is 18.4 Å². The molecule has 0 N–H and O–H groups in total. The molecule has 0 unspecified atom stereocenters. The second-order valence-corrected chi connectivity index (χ2v) is 23.9. The van der Waals surface area contributed by atoms with Crippen LogP contribution in [-0.4, -0.2) is 41.5 Å². The molecular formula is C25H49NO2Sn. The van der Waals surface area contributed by atoms with Crippen LogP contribution >= 0.6 is 0 Å². The molecule has 0 spiro atoms. The van der Waals surface area contributed by atoms with Crippen LogP contribution in [0, 0.1) is 0 Å². The molecule has 0 saturated carbocycles. The molecule has 0 saturated heterocycles. The van der Waals surface area contributed by atoms with E-state index in [0.717, 1.165) is 16.1 Å². The molecule has 0 fully saturated rings. The van der Waals surface area contributed by atoms with Crippen molar-refractivity contribution in [2.75, 3.05) is 0 Å². The molecule has 1 aliphatic rings. The molecule has 0 aliphatic heterocycles. The number of carbonyl (C=O) groups excluding carboxylic acids is 1. The minimum atomic E-state index is -2.32. The zero-order valence-electron chi connectivity index (χ0n) is 20.6. The molecule has 0 radical (unpaired) electrons. The first-order valence-corrected chi connectivity index (χ1v) is 20.2. The zero-order valence-corrected chi connectivity index (χ0v) is 23.4. The Morgan fingerprint density at radius 1 is 1.00 bits per heavy atom.